The molecule has 2 nitrogen and oxygen atoms in total. The van der Waals surface area contributed by atoms with Crippen molar-refractivity contribution in [2.45, 2.75) is 31.2 Å². The molecule has 0 aromatic carbocycles. The lowest BCUT2D eigenvalue weighted by molar-refractivity contribution is -0.442. The molecule has 0 bridgehead atoms. The zero-order valence-corrected chi connectivity index (χ0v) is 6.87. The summed E-state index contributed by atoms with van der Waals surface area (Å²) in [6.45, 7) is 0.332. The number of hydrogen-bond acceptors (Lipinski definition) is 2. The highest BCUT2D eigenvalue weighted by Crippen LogP contribution is 2.49. The molecule has 0 N–H and O–H groups in total. The van der Waals surface area contributed by atoms with Crippen LogP contribution in [0.25, 0.3) is 0 Å². The molecule has 0 aromatic heterocycles. The van der Waals surface area contributed by atoms with Crippen LogP contribution >= 0.6 is 0 Å². The summed E-state index contributed by atoms with van der Waals surface area (Å²) in [4.78, 5) is 0. The predicted octanol–water partition coefficient (Wildman–Crippen LogP) is 2.24. The lowest BCUT2D eigenvalue weighted by atomic mass is 10.2. The number of halogens is 6. The molecule has 1 unspecified atom stereocenters. The molecule has 1 aliphatic rings. The summed E-state index contributed by atoms with van der Waals surface area (Å²) in [5.41, 5.74) is 0. The van der Waals surface area contributed by atoms with E-state index in [0.29, 0.717) is 0 Å². The molecule has 0 aromatic rings. The minimum atomic E-state index is -5.63. The molecule has 84 valence electrons. The van der Waals surface area contributed by atoms with E-state index >= 15 is 0 Å². The van der Waals surface area contributed by atoms with E-state index in [4.69, 9.17) is 0 Å². The van der Waals surface area contributed by atoms with Gasteiger partial charge in [0.2, 0.25) is 0 Å². The van der Waals surface area contributed by atoms with Gasteiger partial charge in [-0.15, -0.1) is 0 Å². The highest BCUT2D eigenvalue weighted by atomic mass is 19.4. The topological polar surface area (TPSA) is 18.5 Å². The molecule has 8 heteroatoms. The Balaban J connectivity index is 3.05. The van der Waals surface area contributed by atoms with Gasteiger partial charge in [-0.1, -0.05) is 0 Å². The summed E-state index contributed by atoms with van der Waals surface area (Å²) < 4.78 is 80.2. The molecular weight excluding hydrogens is 218 g/mol. The van der Waals surface area contributed by atoms with Gasteiger partial charge in [-0.3, -0.25) is 0 Å². The minimum absolute atomic E-state index is 0.737. The van der Waals surface area contributed by atoms with E-state index in [2.05, 4.69) is 9.47 Å². The van der Waals surface area contributed by atoms with Gasteiger partial charge in [0.25, 0.3) is 0 Å². The average molecular weight is 224 g/mol. The third kappa shape index (κ3) is 1.56. The van der Waals surface area contributed by atoms with Gasteiger partial charge >= 0.3 is 18.1 Å². The smallest absolute Gasteiger partial charge is 0.333 e. The van der Waals surface area contributed by atoms with Crippen LogP contribution in [0.4, 0.5) is 26.3 Å². The van der Waals surface area contributed by atoms with Gasteiger partial charge in [-0.05, 0) is 6.92 Å². The maximum atomic E-state index is 12.1. The molecule has 0 aliphatic carbocycles. The van der Waals surface area contributed by atoms with Crippen LogP contribution in [0.2, 0.25) is 0 Å². The van der Waals surface area contributed by atoms with Crippen LogP contribution in [-0.2, 0) is 9.47 Å². The van der Waals surface area contributed by atoms with Gasteiger partial charge < -0.3 is 9.47 Å². The first-order chi connectivity index (χ1) is 6.10. The lowest BCUT2D eigenvalue weighted by Gasteiger charge is -2.31. The molecule has 14 heavy (non-hydrogen) atoms. The summed E-state index contributed by atoms with van der Waals surface area (Å²) in [6.07, 6.45) is -12.5. The Bertz CT molecular complexity index is 205. The molecule has 1 rings (SSSR count). The highest BCUT2D eigenvalue weighted by molar-refractivity contribution is 4.91. The van der Waals surface area contributed by atoms with Crippen molar-refractivity contribution < 1.29 is 35.8 Å². The molecule has 1 heterocycles. The van der Waals surface area contributed by atoms with Gasteiger partial charge in [0.05, 0.1) is 12.7 Å². The second-order valence-corrected chi connectivity index (χ2v) is 2.85. The van der Waals surface area contributed by atoms with E-state index in [0.717, 1.165) is 6.92 Å². The van der Waals surface area contributed by atoms with Crippen LogP contribution in [0.3, 0.4) is 0 Å². The number of rotatable bonds is 0. The standard InChI is InChI=1S/C6H6F6O2/c1-3-2-13-4(14-3,5(7,8)9)6(10,11)12/h3H,2H2,1H3. The van der Waals surface area contributed by atoms with Crippen LogP contribution in [-0.4, -0.2) is 30.9 Å². The molecule has 1 atom stereocenters. The maximum Gasteiger partial charge on any atom is 0.453 e. The van der Waals surface area contributed by atoms with Gasteiger partial charge in [-0.25, -0.2) is 0 Å². The number of alkyl halides is 6. The van der Waals surface area contributed by atoms with Crippen molar-refractivity contribution in [3.05, 3.63) is 0 Å². The van der Waals surface area contributed by atoms with E-state index < -0.39 is 30.9 Å². The monoisotopic (exact) mass is 224 g/mol. The number of ether oxygens (including phenoxy) is 2. The molecule has 0 spiro atoms. The van der Waals surface area contributed by atoms with Crippen LogP contribution in [0.5, 0.6) is 0 Å². The van der Waals surface area contributed by atoms with Crippen LogP contribution in [0.15, 0.2) is 0 Å². The summed E-state index contributed by atoms with van der Waals surface area (Å²) in [7, 11) is 0. The Hall–Kier alpha value is -0.500. The van der Waals surface area contributed by atoms with E-state index in [-0.39, 0.29) is 0 Å². The van der Waals surface area contributed by atoms with Crippen molar-refractivity contribution >= 4 is 0 Å². The normalized spacial score (nSPS) is 28.1. The molecule has 1 saturated heterocycles. The molecule has 0 saturated carbocycles. The van der Waals surface area contributed by atoms with Crippen molar-refractivity contribution in [1.82, 2.24) is 0 Å². The third-order valence-electron chi connectivity index (χ3n) is 1.63. The van der Waals surface area contributed by atoms with Crippen LogP contribution < -0.4 is 0 Å². The quantitative estimate of drug-likeness (QED) is 0.587. The van der Waals surface area contributed by atoms with Crippen molar-refractivity contribution in [2.75, 3.05) is 6.61 Å². The summed E-state index contributed by atoms with van der Waals surface area (Å²) >= 11 is 0. The van der Waals surface area contributed by atoms with Gasteiger partial charge in [0.1, 0.15) is 0 Å². The van der Waals surface area contributed by atoms with Crippen molar-refractivity contribution in [1.29, 1.82) is 0 Å². The zero-order valence-electron chi connectivity index (χ0n) is 6.87. The molecule has 1 fully saturated rings. The van der Waals surface area contributed by atoms with Gasteiger partial charge in [0, 0.05) is 0 Å². The van der Waals surface area contributed by atoms with Crippen molar-refractivity contribution in [3.8, 4) is 0 Å². The second kappa shape index (κ2) is 2.99. The largest absolute Gasteiger partial charge is 0.453 e. The Labute approximate surface area is 74.8 Å². The molecular formula is C6H6F6O2. The first kappa shape index (κ1) is 11.6. The Morgan fingerprint density at radius 1 is 1.07 bits per heavy atom. The van der Waals surface area contributed by atoms with Crippen LogP contribution in [0, 0.1) is 0 Å². The Kier molecular flexibility index (Phi) is 2.47. The van der Waals surface area contributed by atoms with Crippen molar-refractivity contribution in [3.63, 3.8) is 0 Å². The Morgan fingerprint density at radius 2 is 1.50 bits per heavy atom. The fourth-order valence-electron chi connectivity index (χ4n) is 1.04. The summed E-state index contributed by atoms with van der Waals surface area (Å²) in [5.74, 6) is -4.46. The third-order valence-corrected chi connectivity index (χ3v) is 1.63. The first-order valence-corrected chi connectivity index (χ1v) is 3.55. The van der Waals surface area contributed by atoms with Gasteiger partial charge in [0.15, 0.2) is 0 Å². The Morgan fingerprint density at radius 3 is 1.64 bits per heavy atom. The second-order valence-electron chi connectivity index (χ2n) is 2.85. The fraction of sp³-hybridized carbons (Fsp3) is 1.00. The fourth-order valence-corrected chi connectivity index (χ4v) is 1.04. The van der Waals surface area contributed by atoms with E-state index in [1.807, 2.05) is 0 Å². The van der Waals surface area contributed by atoms with E-state index in [9.17, 15) is 26.3 Å². The predicted molar refractivity (Wildman–Crippen MR) is 31.3 cm³/mol. The molecule has 0 radical (unpaired) electrons. The van der Waals surface area contributed by atoms with Crippen LogP contribution in [0.1, 0.15) is 6.92 Å². The zero-order chi connectivity index (χ0) is 11.2. The van der Waals surface area contributed by atoms with Gasteiger partial charge in [-0.2, -0.15) is 26.3 Å². The average Bonchev–Trinajstić information content (AvgIpc) is 2.28. The highest BCUT2D eigenvalue weighted by Gasteiger charge is 2.76. The minimum Gasteiger partial charge on any atom is -0.333 e. The van der Waals surface area contributed by atoms with E-state index in [1.54, 1.807) is 0 Å². The lowest BCUT2D eigenvalue weighted by Crippen LogP contribution is -2.58. The van der Waals surface area contributed by atoms with E-state index in [1.165, 1.54) is 0 Å². The SMILES string of the molecule is CC1COC(C(F)(F)F)(C(F)(F)F)O1. The number of hydrogen-bond donors (Lipinski definition) is 0. The first-order valence-electron chi connectivity index (χ1n) is 3.55. The molecule has 0 amide bonds. The van der Waals surface area contributed by atoms with Crippen molar-refractivity contribution in [2.24, 2.45) is 0 Å². The molecule has 1 aliphatic heterocycles. The maximum absolute atomic E-state index is 12.1. The summed E-state index contributed by atoms with van der Waals surface area (Å²) in [6, 6.07) is 0. The summed E-state index contributed by atoms with van der Waals surface area (Å²) in [5, 5.41) is 0.